The highest BCUT2D eigenvalue weighted by Crippen LogP contribution is 2.15. The predicted octanol–water partition coefficient (Wildman–Crippen LogP) is 1.35. The number of carbonyl (C=O) groups excluding carboxylic acids is 1. The summed E-state index contributed by atoms with van der Waals surface area (Å²) in [6, 6.07) is 0.882. The highest BCUT2D eigenvalue weighted by molar-refractivity contribution is 5.94. The van der Waals surface area contributed by atoms with Gasteiger partial charge in [0.15, 0.2) is 0 Å². The normalized spacial score (nSPS) is 10.6. The number of amides is 1. The SMILES string of the molecule is Cn1ncc(CNC(=O)c2c(F)cc(F)cc2F)c1N. The van der Waals surface area contributed by atoms with Crippen LogP contribution >= 0.6 is 0 Å². The second-order valence-corrected chi connectivity index (χ2v) is 4.11. The van der Waals surface area contributed by atoms with Crippen molar-refractivity contribution in [1.29, 1.82) is 0 Å². The number of rotatable bonds is 3. The molecule has 8 heteroatoms. The van der Waals surface area contributed by atoms with Gasteiger partial charge in [-0.25, -0.2) is 13.2 Å². The predicted molar refractivity (Wildman–Crippen MR) is 65.1 cm³/mol. The van der Waals surface area contributed by atoms with E-state index < -0.39 is 28.9 Å². The van der Waals surface area contributed by atoms with Gasteiger partial charge < -0.3 is 11.1 Å². The summed E-state index contributed by atoms with van der Waals surface area (Å²) in [5, 5.41) is 6.15. The molecule has 0 saturated heterocycles. The van der Waals surface area contributed by atoms with Crippen LogP contribution in [0.4, 0.5) is 19.0 Å². The minimum absolute atomic E-state index is 0.0469. The van der Waals surface area contributed by atoms with Crippen molar-refractivity contribution in [2.45, 2.75) is 6.54 Å². The number of hydrogen-bond donors (Lipinski definition) is 2. The summed E-state index contributed by atoms with van der Waals surface area (Å²) in [4.78, 5) is 11.7. The molecular weight excluding hydrogens is 273 g/mol. The number of halogens is 3. The Morgan fingerprint density at radius 2 is 1.95 bits per heavy atom. The summed E-state index contributed by atoms with van der Waals surface area (Å²) in [6.07, 6.45) is 1.42. The zero-order chi connectivity index (χ0) is 14.9. The summed E-state index contributed by atoms with van der Waals surface area (Å²) in [7, 11) is 1.61. The zero-order valence-electron chi connectivity index (χ0n) is 10.5. The van der Waals surface area contributed by atoms with Gasteiger partial charge in [0, 0.05) is 31.3 Å². The molecule has 3 N–H and O–H groups in total. The Morgan fingerprint density at radius 3 is 2.45 bits per heavy atom. The molecule has 106 valence electrons. The molecule has 1 heterocycles. The third-order valence-corrected chi connectivity index (χ3v) is 2.74. The lowest BCUT2D eigenvalue weighted by atomic mass is 10.1. The van der Waals surface area contributed by atoms with Crippen molar-refractivity contribution in [3.8, 4) is 0 Å². The molecular formula is C12H11F3N4O. The molecule has 2 aromatic rings. The van der Waals surface area contributed by atoms with Crippen LogP contribution in [0.15, 0.2) is 18.3 Å². The van der Waals surface area contributed by atoms with E-state index in [0.29, 0.717) is 23.5 Å². The molecule has 0 fully saturated rings. The number of nitrogen functional groups attached to an aromatic ring is 1. The van der Waals surface area contributed by atoms with E-state index in [2.05, 4.69) is 10.4 Å². The van der Waals surface area contributed by atoms with Crippen molar-refractivity contribution in [3.05, 3.63) is 46.9 Å². The van der Waals surface area contributed by atoms with Gasteiger partial charge >= 0.3 is 0 Å². The van der Waals surface area contributed by atoms with E-state index in [9.17, 15) is 18.0 Å². The minimum atomic E-state index is -1.26. The van der Waals surface area contributed by atoms with Gasteiger partial charge in [-0.1, -0.05) is 0 Å². The van der Waals surface area contributed by atoms with Gasteiger partial charge in [-0.15, -0.1) is 0 Å². The molecule has 0 radical (unpaired) electrons. The van der Waals surface area contributed by atoms with Gasteiger partial charge in [-0.05, 0) is 0 Å². The van der Waals surface area contributed by atoms with Crippen LogP contribution in [-0.2, 0) is 13.6 Å². The van der Waals surface area contributed by atoms with Crippen LogP contribution in [0.2, 0.25) is 0 Å². The maximum Gasteiger partial charge on any atom is 0.257 e. The van der Waals surface area contributed by atoms with Crippen LogP contribution in [0, 0.1) is 17.5 Å². The maximum absolute atomic E-state index is 13.4. The van der Waals surface area contributed by atoms with E-state index in [-0.39, 0.29) is 6.54 Å². The first kappa shape index (κ1) is 13.9. The van der Waals surface area contributed by atoms with Crippen LogP contribution in [0.1, 0.15) is 15.9 Å². The number of nitrogens with two attached hydrogens (primary N) is 1. The van der Waals surface area contributed by atoms with Crippen LogP contribution in [0.5, 0.6) is 0 Å². The molecule has 0 saturated carbocycles. The lowest BCUT2D eigenvalue weighted by Gasteiger charge is -2.07. The quantitative estimate of drug-likeness (QED) is 0.893. The third-order valence-electron chi connectivity index (χ3n) is 2.74. The second kappa shape index (κ2) is 5.24. The monoisotopic (exact) mass is 284 g/mol. The summed E-state index contributed by atoms with van der Waals surface area (Å²) in [6.45, 7) is -0.0469. The fourth-order valence-electron chi connectivity index (χ4n) is 1.65. The topological polar surface area (TPSA) is 72.9 Å². The van der Waals surface area contributed by atoms with Gasteiger partial charge in [0.1, 0.15) is 28.8 Å². The third kappa shape index (κ3) is 2.58. The fraction of sp³-hybridized carbons (Fsp3) is 0.167. The first-order valence-electron chi connectivity index (χ1n) is 5.59. The van der Waals surface area contributed by atoms with Crippen LogP contribution in [-0.4, -0.2) is 15.7 Å². The van der Waals surface area contributed by atoms with Gasteiger partial charge in [-0.3, -0.25) is 9.48 Å². The largest absolute Gasteiger partial charge is 0.384 e. The van der Waals surface area contributed by atoms with Gasteiger partial charge in [0.25, 0.3) is 5.91 Å². The number of hydrogen-bond acceptors (Lipinski definition) is 3. The van der Waals surface area contributed by atoms with Gasteiger partial charge in [0.2, 0.25) is 0 Å². The Labute approximate surface area is 112 Å². The van der Waals surface area contributed by atoms with Crippen molar-refractivity contribution in [1.82, 2.24) is 15.1 Å². The number of benzene rings is 1. The Morgan fingerprint density at radius 1 is 1.35 bits per heavy atom. The Kier molecular flexibility index (Phi) is 3.64. The molecule has 5 nitrogen and oxygen atoms in total. The lowest BCUT2D eigenvalue weighted by molar-refractivity contribution is 0.0942. The number of carbonyl (C=O) groups is 1. The average Bonchev–Trinajstić information content (AvgIpc) is 2.66. The average molecular weight is 284 g/mol. The second-order valence-electron chi connectivity index (χ2n) is 4.11. The highest BCUT2D eigenvalue weighted by Gasteiger charge is 2.19. The molecule has 0 bridgehead atoms. The van der Waals surface area contributed by atoms with Crippen molar-refractivity contribution < 1.29 is 18.0 Å². The maximum atomic E-state index is 13.4. The smallest absolute Gasteiger partial charge is 0.257 e. The van der Waals surface area contributed by atoms with E-state index in [4.69, 9.17) is 5.73 Å². The van der Waals surface area contributed by atoms with Crippen molar-refractivity contribution >= 4 is 11.7 Å². The van der Waals surface area contributed by atoms with Crippen LogP contribution < -0.4 is 11.1 Å². The van der Waals surface area contributed by atoms with Gasteiger partial charge in [0.05, 0.1) is 6.20 Å². The zero-order valence-corrected chi connectivity index (χ0v) is 10.5. The highest BCUT2D eigenvalue weighted by atomic mass is 19.1. The number of aromatic nitrogens is 2. The molecule has 1 amide bonds. The molecule has 0 aliphatic heterocycles. The van der Waals surface area contributed by atoms with E-state index in [1.807, 2.05) is 0 Å². The van der Waals surface area contributed by atoms with E-state index in [0.717, 1.165) is 0 Å². The molecule has 0 spiro atoms. The van der Waals surface area contributed by atoms with Crippen molar-refractivity contribution in [2.75, 3.05) is 5.73 Å². The molecule has 0 aliphatic carbocycles. The molecule has 2 rings (SSSR count). The molecule has 0 aliphatic rings. The molecule has 20 heavy (non-hydrogen) atoms. The minimum Gasteiger partial charge on any atom is -0.384 e. The lowest BCUT2D eigenvalue weighted by Crippen LogP contribution is -2.25. The molecule has 0 atom stereocenters. The number of aryl methyl sites for hydroxylation is 1. The summed E-state index contributed by atoms with van der Waals surface area (Å²) in [5.41, 5.74) is 5.32. The molecule has 1 aromatic carbocycles. The number of nitrogens with zero attached hydrogens (tertiary/aromatic N) is 2. The van der Waals surface area contributed by atoms with Crippen molar-refractivity contribution in [3.63, 3.8) is 0 Å². The first-order valence-corrected chi connectivity index (χ1v) is 5.59. The standard InChI is InChI=1S/C12H11F3N4O/c1-19-11(16)6(5-18-19)4-17-12(20)10-8(14)2-7(13)3-9(10)15/h2-3,5H,4,16H2,1H3,(H,17,20). The Hall–Kier alpha value is -2.51. The number of nitrogens with one attached hydrogen (secondary N) is 1. The van der Waals surface area contributed by atoms with Crippen LogP contribution in [0.3, 0.4) is 0 Å². The van der Waals surface area contributed by atoms with E-state index >= 15 is 0 Å². The summed E-state index contributed by atoms with van der Waals surface area (Å²) >= 11 is 0. The molecule has 1 aromatic heterocycles. The van der Waals surface area contributed by atoms with Crippen LogP contribution in [0.25, 0.3) is 0 Å². The van der Waals surface area contributed by atoms with Gasteiger partial charge in [-0.2, -0.15) is 5.10 Å². The Balaban J connectivity index is 2.15. The van der Waals surface area contributed by atoms with E-state index in [1.165, 1.54) is 10.9 Å². The molecule has 0 unspecified atom stereocenters. The van der Waals surface area contributed by atoms with E-state index in [1.54, 1.807) is 7.05 Å². The summed E-state index contributed by atoms with van der Waals surface area (Å²) in [5.74, 6) is -4.29. The van der Waals surface area contributed by atoms with Crippen molar-refractivity contribution in [2.24, 2.45) is 7.05 Å². The number of anilines is 1. The fourth-order valence-corrected chi connectivity index (χ4v) is 1.65. The Bertz CT molecular complexity index is 646. The first-order chi connectivity index (χ1) is 9.40. The summed E-state index contributed by atoms with van der Waals surface area (Å²) < 4.78 is 40.9.